The first-order valence-corrected chi connectivity index (χ1v) is 21.7. The van der Waals surface area contributed by atoms with Crippen molar-refractivity contribution in [3.8, 4) is 35.4 Å². The maximum absolute atomic E-state index is 12.9. The number of carbonyl (C=O) groups is 1. The van der Waals surface area contributed by atoms with E-state index in [0.717, 1.165) is 96.3 Å². The number of fused-ring (bicyclic) bond motifs is 6. The molecule has 9 heteroatoms. The fourth-order valence-corrected chi connectivity index (χ4v) is 9.35. The molecule has 6 N–H and O–H groups in total. The first-order valence-electron chi connectivity index (χ1n) is 21.7. The van der Waals surface area contributed by atoms with Gasteiger partial charge < -0.3 is 25.4 Å². The van der Waals surface area contributed by atoms with Crippen molar-refractivity contribution in [2.24, 2.45) is 22.1 Å². The number of ketones is 1. The van der Waals surface area contributed by atoms with E-state index >= 15 is 0 Å². The fourth-order valence-electron chi connectivity index (χ4n) is 9.35. The van der Waals surface area contributed by atoms with Crippen molar-refractivity contribution in [3.63, 3.8) is 0 Å². The summed E-state index contributed by atoms with van der Waals surface area (Å²) < 4.78 is 13.3. The van der Waals surface area contributed by atoms with Crippen LogP contribution in [0.1, 0.15) is 111 Å². The minimum absolute atomic E-state index is 0.0532. The summed E-state index contributed by atoms with van der Waals surface area (Å²) in [5.74, 6) is 11.2. The van der Waals surface area contributed by atoms with Crippen molar-refractivity contribution in [1.82, 2.24) is 5.32 Å². The van der Waals surface area contributed by atoms with Gasteiger partial charge in [-0.25, -0.2) is 0 Å². The Morgan fingerprint density at radius 1 is 1.03 bits per heavy atom. The molecule has 0 amide bonds. The van der Waals surface area contributed by atoms with Gasteiger partial charge in [0.15, 0.2) is 11.5 Å². The Labute approximate surface area is 348 Å². The van der Waals surface area contributed by atoms with Gasteiger partial charge in [0.25, 0.3) is 6.23 Å². The van der Waals surface area contributed by atoms with Gasteiger partial charge in [0.05, 0.1) is 17.7 Å². The molecule has 0 aromatic heterocycles. The van der Waals surface area contributed by atoms with Crippen molar-refractivity contribution in [1.29, 1.82) is 0 Å². The van der Waals surface area contributed by atoms with Crippen molar-refractivity contribution >= 4 is 12.0 Å². The maximum atomic E-state index is 12.9. The molecule has 1 spiro atoms. The second kappa shape index (κ2) is 18.5. The number of hydrogen-bond donors (Lipinski definition) is 5. The summed E-state index contributed by atoms with van der Waals surface area (Å²) in [4.78, 5) is 18.9. The number of ether oxygens (including phenoxy) is 2. The predicted molar refractivity (Wildman–Crippen MR) is 229 cm³/mol. The summed E-state index contributed by atoms with van der Waals surface area (Å²) >= 11 is 0. The zero-order valence-electron chi connectivity index (χ0n) is 34.1. The number of carbonyl (C=O) groups excluding carboxylic acids is 1. The van der Waals surface area contributed by atoms with Crippen molar-refractivity contribution < 1.29 is 29.4 Å². The Hall–Kier alpha value is -5.00. The molecular weight excluding hydrogens is 737 g/mol. The number of quaternary nitrogens is 1. The topological polar surface area (TPSA) is 131 Å². The molecule has 0 saturated heterocycles. The molecule has 6 atom stereocenters. The number of unbranched alkanes of at least 4 members (excludes halogenated alkanes) is 2. The molecule has 306 valence electrons. The van der Waals surface area contributed by atoms with E-state index in [4.69, 9.17) is 20.2 Å². The highest BCUT2D eigenvalue weighted by Crippen LogP contribution is 2.47. The number of aryl methyl sites for hydroxylation is 1. The van der Waals surface area contributed by atoms with Crippen molar-refractivity contribution in [2.75, 3.05) is 13.1 Å². The summed E-state index contributed by atoms with van der Waals surface area (Å²) in [5.41, 5.74) is 14.3. The highest BCUT2D eigenvalue weighted by Gasteiger charge is 2.51. The van der Waals surface area contributed by atoms with Gasteiger partial charge in [-0.15, -0.1) is 0 Å². The lowest BCUT2D eigenvalue weighted by Crippen LogP contribution is -3.12. The van der Waals surface area contributed by atoms with E-state index in [1.165, 1.54) is 11.1 Å². The van der Waals surface area contributed by atoms with E-state index < -0.39 is 23.9 Å². The van der Waals surface area contributed by atoms with Crippen LogP contribution in [0.2, 0.25) is 0 Å². The van der Waals surface area contributed by atoms with Gasteiger partial charge in [0, 0.05) is 31.2 Å². The van der Waals surface area contributed by atoms with Gasteiger partial charge in [-0.1, -0.05) is 111 Å². The summed E-state index contributed by atoms with van der Waals surface area (Å²) in [6, 6.07) is 22.3. The molecule has 1 saturated carbocycles. The van der Waals surface area contributed by atoms with Crippen LogP contribution in [0.4, 0.5) is 0 Å². The minimum atomic E-state index is -1.04. The van der Waals surface area contributed by atoms with Gasteiger partial charge in [0.2, 0.25) is 0 Å². The van der Waals surface area contributed by atoms with Gasteiger partial charge in [-0.3, -0.25) is 20.0 Å². The molecule has 1 fully saturated rings. The number of rotatable bonds is 14. The molecule has 4 heterocycles. The Balaban J connectivity index is 1.09. The van der Waals surface area contributed by atoms with Crippen LogP contribution in [0.25, 0.3) is 0 Å². The molecule has 1 aliphatic carbocycles. The molecule has 8 rings (SSSR count). The molecule has 1 unspecified atom stereocenters. The highest BCUT2D eigenvalue weighted by atomic mass is 16.5. The molecule has 59 heavy (non-hydrogen) atoms. The Morgan fingerprint density at radius 2 is 1.88 bits per heavy atom. The largest absolute Gasteiger partial charge is 0.437 e. The first kappa shape index (κ1) is 40.8. The van der Waals surface area contributed by atoms with E-state index in [0.29, 0.717) is 43.7 Å². The maximum Gasteiger partial charge on any atom is 0.252 e. The number of nitrogens with one attached hydrogen (secondary N) is 2. The molecule has 3 aromatic carbocycles. The molecule has 9 nitrogen and oxygen atoms in total. The number of hydrogen-bond acceptors (Lipinski definition) is 8. The third-order valence-electron chi connectivity index (χ3n) is 12.7. The van der Waals surface area contributed by atoms with Crippen LogP contribution >= 0.6 is 0 Å². The monoisotopic (exact) mass is 793 g/mol. The summed E-state index contributed by atoms with van der Waals surface area (Å²) in [5, 5.41) is 25.8. The summed E-state index contributed by atoms with van der Waals surface area (Å²) in [6.45, 7) is 3.53. The number of allylic oxidation sites excluding steroid dienone is 1. The number of Topliss-reactive ketones (excluding diaryl/α,β-unsaturated/α-hetero) is 1. The molecule has 5 aliphatic rings. The van der Waals surface area contributed by atoms with E-state index in [-0.39, 0.29) is 24.3 Å². The number of aliphatic hydroxyl groups excluding tert-OH is 2. The Morgan fingerprint density at radius 3 is 2.71 bits per heavy atom. The lowest BCUT2D eigenvalue weighted by molar-refractivity contribution is -0.891. The number of nitrogens with zero attached hydrogens (tertiary/aromatic N) is 1. The standard InChI is InChI=1S/C50H56N4O5/c1-2-3-5-12-39(55)30-40(56)16-13-35-14-20-46-47(27-35)59-49-43(50(24-26-58-46)22-8-9-23-50)18-19-45(57)41-17-15-36(48(51)52-25-21-34-10-6-4-7-11-34)28-37(41)29-38-31-53-44-33-54(49)32-42(38)44/h4,6-7,10-11,14-15,17,20,27-28,31,33,39,43,45,48-49,52,55,57H,2-3,5,8-9,12-13,16,21-23,25,29-30,32,51H2,1H3/p+1/t39-,43-,45+,48-,49+/m1/s1. The predicted octanol–water partition coefficient (Wildman–Crippen LogP) is 5.96. The summed E-state index contributed by atoms with van der Waals surface area (Å²) in [7, 11) is 0. The Bertz CT molecular complexity index is 2230. The molecule has 2 bridgehead atoms. The van der Waals surface area contributed by atoms with Gasteiger partial charge in [0.1, 0.15) is 42.4 Å². The lowest BCUT2D eigenvalue weighted by atomic mass is 9.73. The van der Waals surface area contributed by atoms with Gasteiger partial charge in [-0.2, -0.15) is 0 Å². The first-order chi connectivity index (χ1) is 28.8. The second-order valence-electron chi connectivity index (χ2n) is 16.9. The van der Waals surface area contributed by atoms with Gasteiger partial charge >= 0.3 is 0 Å². The molecule has 3 aromatic rings. The number of nitrogens with two attached hydrogens (primary N) is 1. The van der Waals surface area contributed by atoms with Crippen LogP contribution in [-0.2, 0) is 24.1 Å². The minimum Gasteiger partial charge on any atom is -0.437 e. The zero-order valence-corrected chi connectivity index (χ0v) is 34.1. The highest BCUT2D eigenvalue weighted by molar-refractivity contribution is 5.87. The van der Waals surface area contributed by atoms with Crippen LogP contribution in [0, 0.1) is 35.2 Å². The number of aliphatic hydroxyl groups is 2. The van der Waals surface area contributed by atoms with Crippen molar-refractivity contribution in [3.05, 3.63) is 118 Å². The smallest absolute Gasteiger partial charge is 0.252 e. The van der Waals surface area contributed by atoms with Gasteiger partial charge in [-0.05, 0) is 84.0 Å². The SMILES string of the molecule is CCCCC[C@@H](O)CC(=O)CCc1ccc2c(c1)O[C@H]1[C@@H](C#C[C@H](O)c3ccc([C@H](N)NCCc4ccccc4)cc3CC3=C4C[NH+]1C=C4N=C3)C1(C#CO2)CCCC1. The average Bonchev–Trinajstić information content (AvgIpc) is 3.99. The third-order valence-corrected chi connectivity index (χ3v) is 12.7. The zero-order chi connectivity index (χ0) is 40.8. The lowest BCUT2D eigenvalue weighted by Gasteiger charge is -2.36. The fraction of sp³-hybridized carbons (Fsp3) is 0.440. The quantitative estimate of drug-likeness (QED) is 0.0775. The number of aliphatic imine (C=N–C) groups is 1. The number of benzene rings is 3. The van der Waals surface area contributed by atoms with E-state index in [1.807, 2.05) is 42.6 Å². The second-order valence-corrected chi connectivity index (χ2v) is 16.9. The summed E-state index contributed by atoms with van der Waals surface area (Å²) in [6.07, 6.45) is 14.6. The van der Waals surface area contributed by atoms with E-state index in [9.17, 15) is 15.0 Å². The van der Waals surface area contributed by atoms with Crippen LogP contribution in [-0.4, -0.2) is 47.6 Å². The van der Waals surface area contributed by atoms with Crippen LogP contribution in [0.3, 0.4) is 0 Å². The molecule has 0 radical (unpaired) electrons. The van der Waals surface area contributed by atoms with Crippen LogP contribution in [0.5, 0.6) is 11.5 Å². The molecular formula is C50H57N4O5+. The van der Waals surface area contributed by atoms with E-state index in [1.54, 1.807) is 0 Å². The normalized spacial score (nSPS) is 23.2. The van der Waals surface area contributed by atoms with Crippen molar-refractivity contribution in [2.45, 2.75) is 115 Å². The van der Waals surface area contributed by atoms with Crippen LogP contribution in [0.15, 0.2) is 94.8 Å². The van der Waals surface area contributed by atoms with Crippen LogP contribution < -0.4 is 25.4 Å². The average molecular weight is 794 g/mol. The Kier molecular flexibility index (Phi) is 12.8. The third kappa shape index (κ3) is 9.42. The van der Waals surface area contributed by atoms with E-state index in [2.05, 4.69) is 72.6 Å². The molecule has 4 aliphatic heterocycles.